The van der Waals surface area contributed by atoms with Crippen LogP contribution < -0.4 is 11.1 Å². The fourth-order valence-corrected chi connectivity index (χ4v) is 2.63. The highest BCUT2D eigenvalue weighted by atomic mass is 16.5. The largest absolute Gasteiger partial charge is 0.380 e. The van der Waals surface area contributed by atoms with Crippen LogP contribution in [-0.4, -0.2) is 31.2 Å². The number of carbonyl (C=O) groups is 1. The molecule has 0 radical (unpaired) electrons. The molecule has 1 fully saturated rings. The van der Waals surface area contributed by atoms with Crippen molar-refractivity contribution in [2.75, 3.05) is 19.8 Å². The second kappa shape index (κ2) is 7.85. The molecule has 0 aliphatic heterocycles. The van der Waals surface area contributed by atoms with Gasteiger partial charge in [-0.15, -0.1) is 0 Å². The van der Waals surface area contributed by atoms with E-state index in [4.69, 9.17) is 10.5 Å². The van der Waals surface area contributed by atoms with Gasteiger partial charge in [-0.05, 0) is 31.1 Å². The first-order chi connectivity index (χ1) is 8.94. The SMILES string of the molecule is CC(C)CCOCCNC(=O)C1(N)CCCC(C)C1. The lowest BCUT2D eigenvalue weighted by molar-refractivity contribution is -0.128. The lowest BCUT2D eigenvalue weighted by Gasteiger charge is -2.35. The fourth-order valence-electron chi connectivity index (χ4n) is 2.63. The highest BCUT2D eigenvalue weighted by molar-refractivity contribution is 5.86. The van der Waals surface area contributed by atoms with Gasteiger partial charge in [0.25, 0.3) is 0 Å². The molecule has 0 heterocycles. The van der Waals surface area contributed by atoms with Gasteiger partial charge in [-0.2, -0.15) is 0 Å². The van der Waals surface area contributed by atoms with Crippen LogP contribution in [0.3, 0.4) is 0 Å². The van der Waals surface area contributed by atoms with E-state index in [2.05, 4.69) is 26.1 Å². The Bertz CT molecular complexity index is 281. The summed E-state index contributed by atoms with van der Waals surface area (Å²) >= 11 is 0. The van der Waals surface area contributed by atoms with Crippen molar-refractivity contribution in [2.45, 2.75) is 58.4 Å². The van der Waals surface area contributed by atoms with E-state index >= 15 is 0 Å². The maximum atomic E-state index is 12.1. The quantitative estimate of drug-likeness (QED) is 0.696. The molecule has 0 spiro atoms. The second-order valence-corrected chi connectivity index (χ2v) is 6.41. The van der Waals surface area contributed by atoms with Crippen molar-refractivity contribution in [1.29, 1.82) is 0 Å². The summed E-state index contributed by atoms with van der Waals surface area (Å²) in [7, 11) is 0. The summed E-state index contributed by atoms with van der Waals surface area (Å²) in [6, 6.07) is 0. The topological polar surface area (TPSA) is 64.3 Å². The lowest BCUT2D eigenvalue weighted by Crippen LogP contribution is -2.56. The van der Waals surface area contributed by atoms with E-state index in [0.29, 0.717) is 25.0 Å². The molecule has 0 aromatic rings. The Morgan fingerprint density at radius 2 is 2.21 bits per heavy atom. The van der Waals surface area contributed by atoms with Gasteiger partial charge < -0.3 is 15.8 Å². The lowest BCUT2D eigenvalue weighted by atomic mass is 9.76. The number of rotatable bonds is 7. The van der Waals surface area contributed by atoms with Gasteiger partial charge in [0.1, 0.15) is 0 Å². The van der Waals surface area contributed by atoms with E-state index < -0.39 is 5.54 Å². The molecule has 1 aliphatic rings. The highest BCUT2D eigenvalue weighted by Crippen LogP contribution is 2.30. The molecule has 1 aliphatic carbocycles. The number of hydrogen-bond acceptors (Lipinski definition) is 3. The Balaban J connectivity index is 2.16. The monoisotopic (exact) mass is 270 g/mol. The summed E-state index contributed by atoms with van der Waals surface area (Å²) < 4.78 is 5.48. The first-order valence-electron chi connectivity index (χ1n) is 7.59. The van der Waals surface area contributed by atoms with Gasteiger partial charge in [0.05, 0.1) is 12.1 Å². The van der Waals surface area contributed by atoms with Crippen LogP contribution in [0.4, 0.5) is 0 Å². The molecule has 112 valence electrons. The second-order valence-electron chi connectivity index (χ2n) is 6.41. The molecule has 2 unspecified atom stereocenters. The number of ether oxygens (including phenoxy) is 1. The zero-order chi connectivity index (χ0) is 14.3. The van der Waals surface area contributed by atoms with Crippen molar-refractivity contribution in [1.82, 2.24) is 5.32 Å². The molecule has 1 saturated carbocycles. The predicted octanol–water partition coefficient (Wildman–Crippen LogP) is 2.07. The molecule has 0 aromatic heterocycles. The molecule has 4 heteroatoms. The molecule has 2 atom stereocenters. The first kappa shape index (κ1) is 16.4. The summed E-state index contributed by atoms with van der Waals surface area (Å²) in [5, 5.41) is 2.91. The predicted molar refractivity (Wildman–Crippen MR) is 77.8 cm³/mol. The summed E-state index contributed by atoms with van der Waals surface area (Å²) in [6.45, 7) is 8.41. The van der Waals surface area contributed by atoms with Crippen molar-refractivity contribution in [3.05, 3.63) is 0 Å². The molecular formula is C15H30N2O2. The standard InChI is InChI=1S/C15H30N2O2/c1-12(2)6-9-19-10-8-17-14(18)15(16)7-4-5-13(3)11-15/h12-13H,4-11,16H2,1-3H3,(H,17,18). The summed E-state index contributed by atoms with van der Waals surface area (Å²) in [5.74, 6) is 1.20. The smallest absolute Gasteiger partial charge is 0.240 e. The number of hydrogen-bond donors (Lipinski definition) is 2. The molecule has 0 bridgehead atoms. The molecular weight excluding hydrogens is 240 g/mol. The molecule has 1 amide bonds. The molecule has 3 N–H and O–H groups in total. The average Bonchev–Trinajstić information content (AvgIpc) is 2.32. The van der Waals surface area contributed by atoms with Crippen molar-refractivity contribution in [2.24, 2.45) is 17.6 Å². The normalized spacial score (nSPS) is 27.5. The van der Waals surface area contributed by atoms with E-state index in [-0.39, 0.29) is 5.91 Å². The summed E-state index contributed by atoms with van der Waals surface area (Å²) in [4.78, 5) is 12.1. The van der Waals surface area contributed by atoms with Crippen LogP contribution in [0.1, 0.15) is 52.9 Å². The molecule has 0 aromatic carbocycles. The molecule has 4 nitrogen and oxygen atoms in total. The van der Waals surface area contributed by atoms with E-state index in [9.17, 15) is 4.79 Å². The van der Waals surface area contributed by atoms with Crippen LogP contribution in [0.25, 0.3) is 0 Å². The summed E-state index contributed by atoms with van der Waals surface area (Å²) in [6.07, 6.45) is 4.90. The van der Waals surface area contributed by atoms with E-state index in [1.807, 2.05) is 0 Å². The Hall–Kier alpha value is -0.610. The van der Waals surface area contributed by atoms with Crippen LogP contribution in [0.15, 0.2) is 0 Å². The van der Waals surface area contributed by atoms with Gasteiger partial charge >= 0.3 is 0 Å². The van der Waals surface area contributed by atoms with Gasteiger partial charge in [0.2, 0.25) is 5.91 Å². The third kappa shape index (κ3) is 5.91. The number of nitrogens with two attached hydrogens (primary N) is 1. The maximum Gasteiger partial charge on any atom is 0.240 e. The number of amides is 1. The number of nitrogens with one attached hydrogen (secondary N) is 1. The van der Waals surface area contributed by atoms with E-state index in [0.717, 1.165) is 32.3 Å². The minimum Gasteiger partial charge on any atom is -0.380 e. The van der Waals surface area contributed by atoms with Gasteiger partial charge in [-0.1, -0.05) is 33.6 Å². The molecule has 0 saturated heterocycles. The Kier molecular flexibility index (Phi) is 6.80. The zero-order valence-electron chi connectivity index (χ0n) is 12.7. The Morgan fingerprint density at radius 1 is 1.47 bits per heavy atom. The van der Waals surface area contributed by atoms with Gasteiger partial charge in [0, 0.05) is 13.2 Å². The minimum atomic E-state index is -0.657. The van der Waals surface area contributed by atoms with Crippen molar-refractivity contribution in [3.8, 4) is 0 Å². The minimum absolute atomic E-state index is 0.00786. The number of carbonyl (C=O) groups excluding carboxylic acids is 1. The van der Waals surface area contributed by atoms with Gasteiger partial charge in [0.15, 0.2) is 0 Å². The van der Waals surface area contributed by atoms with Crippen LogP contribution in [0.5, 0.6) is 0 Å². The van der Waals surface area contributed by atoms with Gasteiger partial charge in [-0.3, -0.25) is 4.79 Å². The summed E-state index contributed by atoms with van der Waals surface area (Å²) in [5.41, 5.74) is 5.56. The van der Waals surface area contributed by atoms with Crippen molar-refractivity contribution < 1.29 is 9.53 Å². The van der Waals surface area contributed by atoms with E-state index in [1.54, 1.807) is 0 Å². The highest BCUT2D eigenvalue weighted by Gasteiger charge is 2.37. The zero-order valence-corrected chi connectivity index (χ0v) is 12.7. The van der Waals surface area contributed by atoms with Crippen LogP contribution in [0.2, 0.25) is 0 Å². The average molecular weight is 270 g/mol. The van der Waals surface area contributed by atoms with Gasteiger partial charge in [-0.25, -0.2) is 0 Å². The Labute approximate surface area is 117 Å². The fraction of sp³-hybridized carbons (Fsp3) is 0.933. The third-order valence-electron chi connectivity index (χ3n) is 3.86. The Morgan fingerprint density at radius 3 is 2.84 bits per heavy atom. The van der Waals surface area contributed by atoms with Crippen LogP contribution in [0, 0.1) is 11.8 Å². The van der Waals surface area contributed by atoms with Crippen molar-refractivity contribution >= 4 is 5.91 Å². The van der Waals surface area contributed by atoms with Crippen molar-refractivity contribution in [3.63, 3.8) is 0 Å². The molecule has 19 heavy (non-hydrogen) atoms. The maximum absolute atomic E-state index is 12.1. The molecule has 1 rings (SSSR count). The van der Waals surface area contributed by atoms with E-state index in [1.165, 1.54) is 6.42 Å². The van der Waals surface area contributed by atoms with Crippen LogP contribution >= 0.6 is 0 Å². The third-order valence-corrected chi connectivity index (χ3v) is 3.86. The van der Waals surface area contributed by atoms with Crippen LogP contribution in [-0.2, 0) is 9.53 Å². The first-order valence-corrected chi connectivity index (χ1v) is 7.59.